The summed E-state index contributed by atoms with van der Waals surface area (Å²) < 4.78 is 6.43. The average molecular weight is 325 g/mol. The average Bonchev–Trinajstić information content (AvgIpc) is 2.82. The predicted octanol–water partition coefficient (Wildman–Crippen LogP) is 1.41. The van der Waals surface area contributed by atoms with Crippen LogP contribution in [-0.4, -0.2) is 16.4 Å². The Bertz CT molecular complexity index is 1000. The van der Waals surface area contributed by atoms with Gasteiger partial charge in [-0.15, -0.1) is 0 Å². The van der Waals surface area contributed by atoms with Crippen LogP contribution in [0.3, 0.4) is 0 Å². The van der Waals surface area contributed by atoms with Gasteiger partial charge in [0.25, 0.3) is 5.91 Å². The van der Waals surface area contributed by atoms with Gasteiger partial charge in [-0.1, -0.05) is 18.2 Å². The number of nitrogens with one attached hydrogen (secondary N) is 1. The van der Waals surface area contributed by atoms with Gasteiger partial charge in [0.05, 0.1) is 23.2 Å². The van der Waals surface area contributed by atoms with E-state index in [0.717, 1.165) is 0 Å². The van der Waals surface area contributed by atoms with Gasteiger partial charge in [0.1, 0.15) is 0 Å². The van der Waals surface area contributed by atoms with Gasteiger partial charge in [-0.25, -0.2) is 4.79 Å². The molecule has 0 unspecified atom stereocenters. The monoisotopic (exact) mass is 325 g/mol. The standard InChI is InChI=1S/C17H15N3O4/c1-20-13-8-10(6-7-14(13)24-17(20)23)9-15(21)19-12-5-3-2-4-11(12)16(18)22/h2-8H,9H2,1H3,(H2,18,22)(H,19,21). The fourth-order valence-corrected chi connectivity index (χ4v) is 2.47. The van der Waals surface area contributed by atoms with Crippen LogP contribution < -0.4 is 16.8 Å². The first-order valence-electron chi connectivity index (χ1n) is 7.23. The molecule has 2 aromatic carbocycles. The lowest BCUT2D eigenvalue weighted by atomic mass is 10.1. The maximum atomic E-state index is 12.2. The van der Waals surface area contributed by atoms with Crippen molar-refractivity contribution in [1.82, 2.24) is 4.57 Å². The molecule has 0 aliphatic rings. The summed E-state index contributed by atoms with van der Waals surface area (Å²) in [5.41, 5.74) is 7.70. The number of hydrogen-bond donors (Lipinski definition) is 2. The molecule has 24 heavy (non-hydrogen) atoms. The van der Waals surface area contributed by atoms with Crippen molar-refractivity contribution in [3.8, 4) is 0 Å². The molecule has 2 amide bonds. The van der Waals surface area contributed by atoms with Crippen LogP contribution in [0.15, 0.2) is 51.7 Å². The van der Waals surface area contributed by atoms with E-state index in [1.807, 2.05) is 0 Å². The van der Waals surface area contributed by atoms with Crippen LogP contribution >= 0.6 is 0 Å². The molecule has 0 saturated heterocycles. The maximum absolute atomic E-state index is 12.2. The van der Waals surface area contributed by atoms with Crippen molar-refractivity contribution in [2.75, 3.05) is 5.32 Å². The van der Waals surface area contributed by atoms with Crippen LogP contribution in [0.4, 0.5) is 5.69 Å². The number of nitrogens with zero attached hydrogens (tertiary/aromatic N) is 1. The number of rotatable bonds is 4. The van der Waals surface area contributed by atoms with Gasteiger partial charge < -0.3 is 15.5 Å². The van der Waals surface area contributed by atoms with Gasteiger partial charge in [-0.2, -0.15) is 0 Å². The highest BCUT2D eigenvalue weighted by Crippen LogP contribution is 2.17. The van der Waals surface area contributed by atoms with Gasteiger partial charge in [0.2, 0.25) is 5.91 Å². The quantitative estimate of drug-likeness (QED) is 0.756. The van der Waals surface area contributed by atoms with E-state index in [4.69, 9.17) is 10.2 Å². The summed E-state index contributed by atoms with van der Waals surface area (Å²) in [5.74, 6) is -1.36. The summed E-state index contributed by atoms with van der Waals surface area (Å²) in [5, 5.41) is 2.68. The third-order valence-electron chi connectivity index (χ3n) is 3.69. The number of para-hydroxylation sites is 1. The fraction of sp³-hybridized carbons (Fsp3) is 0.118. The minimum absolute atomic E-state index is 0.0857. The zero-order valence-electron chi connectivity index (χ0n) is 12.9. The fourth-order valence-electron chi connectivity index (χ4n) is 2.47. The van der Waals surface area contributed by atoms with Crippen LogP contribution in [0.5, 0.6) is 0 Å². The van der Waals surface area contributed by atoms with Gasteiger partial charge in [-0.05, 0) is 29.8 Å². The Balaban J connectivity index is 1.82. The van der Waals surface area contributed by atoms with Gasteiger partial charge >= 0.3 is 5.76 Å². The first-order chi connectivity index (χ1) is 11.5. The Labute approximate surface area is 136 Å². The van der Waals surface area contributed by atoms with Gasteiger partial charge in [-0.3, -0.25) is 14.2 Å². The van der Waals surface area contributed by atoms with Crippen LogP contribution in [0.2, 0.25) is 0 Å². The lowest BCUT2D eigenvalue weighted by Gasteiger charge is -2.09. The number of fused-ring (bicyclic) bond motifs is 1. The molecule has 0 saturated carbocycles. The summed E-state index contributed by atoms with van der Waals surface area (Å²) in [6.07, 6.45) is 0.0857. The number of amides is 2. The summed E-state index contributed by atoms with van der Waals surface area (Å²) in [7, 11) is 1.60. The van der Waals surface area contributed by atoms with Gasteiger partial charge in [0, 0.05) is 7.05 Å². The number of hydrogen-bond acceptors (Lipinski definition) is 4. The number of primary amides is 1. The van der Waals surface area contributed by atoms with Crippen molar-refractivity contribution >= 4 is 28.6 Å². The molecule has 0 atom stereocenters. The lowest BCUT2D eigenvalue weighted by molar-refractivity contribution is -0.115. The molecule has 0 aliphatic heterocycles. The minimum atomic E-state index is -0.610. The molecule has 1 heterocycles. The Hall–Kier alpha value is -3.35. The summed E-state index contributed by atoms with van der Waals surface area (Å²) in [6, 6.07) is 11.6. The molecule has 7 nitrogen and oxygen atoms in total. The second-order valence-corrected chi connectivity index (χ2v) is 5.36. The van der Waals surface area contributed by atoms with E-state index in [1.165, 1.54) is 4.57 Å². The van der Waals surface area contributed by atoms with E-state index in [2.05, 4.69) is 5.32 Å². The van der Waals surface area contributed by atoms with Crippen LogP contribution in [0, 0.1) is 0 Å². The molecular formula is C17H15N3O4. The van der Waals surface area contributed by atoms with E-state index in [1.54, 1.807) is 49.5 Å². The summed E-state index contributed by atoms with van der Waals surface area (Å²) in [4.78, 5) is 35.1. The van der Waals surface area contributed by atoms with Crippen molar-refractivity contribution in [1.29, 1.82) is 0 Å². The maximum Gasteiger partial charge on any atom is 0.419 e. The zero-order chi connectivity index (χ0) is 17.3. The molecular weight excluding hydrogens is 310 g/mol. The molecule has 0 bridgehead atoms. The summed E-state index contributed by atoms with van der Waals surface area (Å²) in [6.45, 7) is 0. The number of aryl methyl sites for hydroxylation is 1. The van der Waals surface area contributed by atoms with E-state index < -0.39 is 11.7 Å². The molecule has 3 rings (SSSR count). The van der Waals surface area contributed by atoms with Crippen LogP contribution in [0.1, 0.15) is 15.9 Å². The highest BCUT2D eigenvalue weighted by Gasteiger charge is 2.12. The number of aromatic nitrogens is 1. The number of oxazole rings is 1. The number of carbonyl (C=O) groups excluding carboxylic acids is 2. The van der Waals surface area contributed by atoms with Crippen LogP contribution in [-0.2, 0) is 18.3 Å². The molecule has 0 aliphatic carbocycles. The van der Waals surface area contributed by atoms with Crippen molar-refractivity contribution in [3.63, 3.8) is 0 Å². The Morgan fingerprint density at radius 3 is 2.71 bits per heavy atom. The Morgan fingerprint density at radius 1 is 1.21 bits per heavy atom. The molecule has 122 valence electrons. The highest BCUT2D eigenvalue weighted by atomic mass is 16.4. The summed E-state index contributed by atoms with van der Waals surface area (Å²) >= 11 is 0. The van der Waals surface area contributed by atoms with Crippen molar-refractivity contribution in [2.45, 2.75) is 6.42 Å². The predicted molar refractivity (Wildman–Crippen MR) is 88.7 cm³/mol. The van der Waals surface area contributed by atoms with Crippen LogP contribution in [0.25, 0.3) is 11.1 Å². The number of anilines is 1. The first kappa shape index (κ1) is 15.5. The third kappa shape index (κ3) is 2.91. The van der Waals surface area contributed by atoms with E-state index in [0.29, 0.717) is 22.4 Å². The highest BCUT2D eigenvalue weighted by molar-refractivity contribution is 6.03. The van der Waals surface area contributed by atoms with Crippen molar-refractivity contribution in [2.24, 2.45) is 12.8 Å². The van der Waals surface area contributed by atoms with E-state index in [9.17, 15) is 14.4 Å². The second-order valence-electron chi connectivity index (χ2n) is 5.36. The van der Waals surface area contributed by atoms with Crippen molar-refractivity contribution < 1.29 is 14.0 Å². The largest absolute Gasteiger partial charge is 0.419 e. The number of nitrogens with two attached hydrogens (primary N) is 1. The topological polar surface area (TPSA) is 107 Å². The smallest absolute Gasteiger partial charge is 0.408 e. The minimum Gasteiger partial charge on any atom is -0.408 e. The SMILES string of the molecule is Cn1c(=O)oc2ccc(CC(=O)Nc3ccccc3C(N)=O)cc21. The first-order valence-corrected chi connectivity index (χ1v) is 7.23. The molecule has 0 fully saturated rings. The second kappa shape index (κ2) is 6.04. The van der Waals surface area contributed by atoms with E-state index >= 15 is 0 Å². The van der Waals surface area contributed by atoms with Gasteiger partial charge in [0.15, 0.2) is 5.58 Å². The molecule has 1 aromatic heterocycles. The third-order valence-corrected chi connectivity index (χ3v) is 3.69. The Kier molecular flexibility index (Phi) is 3.91. The zero-order valence-corrected chi connectivity index (χ0v) is 12.9. The number of benzene rings is 2. The normalized spacial score (nSPS) is 10.7. The molecule has 0 radical (unpaired) electrons. The number of carbonyl (C=O) groups is 2. The Morgan fingerprint density at radius 2 is 1.96 bits per heavy atom. The lowest BCUT2D eigenvalue weighted by Crippen LogP contribution is -2.19. The molecule has 0 spiro atoms. The molecule has 7 heteroatoms. The molecule has 3 N–H and O–H groups in total. The van der Waals surface area contributed by atoms with Crippen molar-refractivity contribution in [3.05, 3.63) is 64.1 Å². The molecule has 3 aromatic rings. The van der Waals surface area contributed by atoms with E-state index in [-0.39, 0.29) is 17.9 Å².